The van der Waals surface area contributed by atoms with Crippen molar-refractivity contribution in [2.75, 3.05) is 0 Å². The van der Waals surface area contributed by atoms with Gasteiger partial charge in [-0.3, -0.25) is 9.59 Å². The lowest BCUT2D eigenvalue weighted by molar-refractivity contribution is -0.139. The van der Waals surface area contributed by atoms with E-state index in [1.165, 1.54) is 0 Å². The maximum atomic E-state index is 11.4. The summed E-state index contributed by atoms with van der Waals surface area (Å²) in [5.41, 5.74) is 0. The number of hydrogen-bond donors (Lipinski definition) is 0. The van der Waals surface area contributed by atoms with Gasteiger partial charge in [0.25, 0.3) is 0 Å². The van der Waals surface area contributed by atoms with Crippen LogP contribution < -0.4 is 0 Å². The molecule has 13 heavy (non-hydrogen) atoms. The maximum Gasteiger partial charge on any atom is 0.201 e. The van der Waals surface area contributed by atoms with E-state index in [0.29, 0.717) is 12.3 Å². The van der Waals surface area contributed by atoms with E-state index in [1.54, 1.807) is 0 Å². The molecule has 0 aliphatic heterocycles. The molecule has 0 radical (unpaired) electrons. The van der Waals surface area contributed by atoms with Gasteiger partial charge >= 0.3 is 0 Å². The van der Waals surface area contributed by atoms with Gasteiger partial charge in [-0.15, -0.1) is 0 Å². The van der Waals surface area contributed by atoms with Gasteiger partial charge in [-0.25, -0.2) is 0 Å². The van der Waals surface area contributed by atoms with E-state index in [9.17, 15) is 9.59 Å². The van der Waals surface area contributed by atoms with Gasteiger partial charge in [-0.05, 0) is 25.2 Å². The first-order valence-electron chi connectivity index (χ1n) is 5.22. The third kappa shape index (κ3) is 3.29. The average Bonchev–Trinajstić information content (AvgIpc) is 2.87. The second kappa shape index (κ2) is 4.54. The van der Waals surface area contributed by atoms with Crippen molar-refractivity contribution in [1.82, 2.24) is 0 Å². The van der Waals surface area contributed by atoms with E-state index in [2.05, 4.69) is 0 Å². The fourth-order valence-electron chi connectivity index (χ4n) is 1.52. The summed E-state index contributed by atoms with van der Waals surface area (Å²) in [6, 6.07) is 0. The molecule has 2 heteroatoms. The van der Waals surface area contributed by atoms with Crippen LogP contribution in [0.2, 0.25) is 0 Å². The SMILES string of the molecule is CCC[C@H](C)C(=O)C(=O)CC1CC1. The van der Waals surface area contributed by atoms with Crippen LogP contribution in [0.1, 0.15) is 46.0 Å². The van der Waals surface area contributed by atoms with Gasteiger partial charge in [0.2, 0.25) is 5.78 Å². The van der Waals surface area contributed by atoms with Gasteiger partial charge in [-0.2, -0.15) is 0 Å². The lowest BCUT2D eigenvalue weighted by Gasteiger charge is -2.06. The van der Waals surface area contributed by atoms with Crippen molar-refractivity contribution in [3.63, 3.8) is 0 Å². The van der Waals surface area contributed by atoms with Gasteiger partial charge in [0, 0.05) is 12.3 Å². The van der Waals surface area contributed by atoms with Crippen LogP contribution in [-0.2, 0) is 9.59 Å². The molecule has 0 aromatic heterocycles. The van der Waals surface area contributed by atoms with Gasteiger partial charge < -0.3 is 0 Å². The van der Waals surface area contributed by atoms with E-state index in [-0.39, 0.29) is 17.5 Å². The Hall–Kier alpha value is -0.660. The zero-order valence-electron chi connectivity index (χ0n) is 8.51. The normalized spacial score (nSPS) is 18.3. The van der Waals surface area contributed by atoms with E-state index in [1.807, 2.05) is 13.8 Å². The predicted molar refractivity (Wildman–Crippen MR) is 51.4 cm³/mol. The molecular weight excluding hydrogens is 164 g/mol. The highest BCUT2D eigenvalue weighted by Crippen LogP contribution is 2.32. The highest BCUT2D eigenvalue weighted by Gasteiger charge is 2.29. The second-order valence-corrected chi connectivity index (χ2v) is 4.12. The summed E-state index contributed by atoms with van der Waals surface area (Å²) in [5, 5.41) is 0. The van der Waals surface area contributed by atoms with E-state index in [4.69, 9.17) is 0 Å². The first kappa shape index (κ1) is 10.4. The number of Topliss-reactive ketones (excluding diaryl/α,β-unsaturated/α-hetero) is 2. The Kier molecular flexibility index (Phi) is 3.64. The van der Waals surface area contributed by atoms with Crippen molar-refractivity contribution in [3.8, 4) is 0 Å². The molecule has 2 nitrogen and oxygen atoms in total. The quantitative estimate of drug-likeness (QED) is 0.591. The minimum absolute atomic E-state index is 0.0590. The van der Waals surface area contributed by atoms with Crippen molar-refractivity contribution < 1.29 is 9.59 Å². The summed E-state index contributed by atoms with van der Waals surface area (Å²) >= 11 is 0. The smallest absolute Gasteiger partial charge is 0.201 e. The second-order valence-electron chi connectivity index (χ2n) is 4.12. The van der Waals surface area contributed by atoms with Gasteiger partial charge in [-0.1, -0.05) is 20.3 Å². The molecule has 1 fully saturated rings. The first-order chi connectivity index (χ1) is 6.15. The van der Waals surface area contributed by atoms with Crippen LogP contribution in [0.5, 0.6) is 0 Å². The maximum absolute atomic E-state index is 11.4. The molecule has 1 aliphatic rings. The van der Waals surface area contributed by atoms with Gasteiger partial charge in [0.05, 0.1) is 0 Å². The van der Waals surface area contributed by atoms with E-state index in [0.717, 1.165) is 25.7 Å². The monoisotopic (exact) mass is 182 g/mol. The number of hydrogen-bond acceptors (Lipinski definition) is 2. The number of carbonyl (C=O) groups excluding carboxylic acids is 2. The van der Waals surface area contributed by atoms with Crippen LogP contribution in [0.3, 0.4) is 0 Å². The molecule has 0 amide bonds. The Labute approximate surface area is 79.7 Å². The molecule has 1 aliphatic carbocycles. The van der Waals surface area contributed by atoms with Gasteiger partial charge in [0.1, 0.15) is 0 Å². The standard InChI is InChI=1S/C11H18O2/c1-3-4-8(2)11(13)10(12)7-9-5-6-9/h8-9H,3-7H2,1-2H3/t8-/m0/s1. The molecule has 0 bridgehead atoms. The Morgan fingerprint density at radius 1 is 1.38 bits per heavy atom. The lowest BCUT2D eigenvalue weighted by Crippen LogP contribution is -2.21. The number of ketones is 2. The molecule has 1 atom stereocenters. The molecule has 74 valence electrons. The van der Waals surface area contributed by atoms with E-state index >= 15 is 0 Å². The lowest BCUT2D eigenvalue weighted by atomic mass is 9.96. The van der Waals surface area contributed by atoms with Crippen molar-refractivity contribution in [1.29, 1.82) is 0 Å². The van der Waals surface area contributed by atoms with Crippen LogP contribution in [0.25, 0.3) is 0 Å². The molecule has 0 aromatic carbocycles. The summed E-state index contributed by atoms with van der Waals surface area (Å²) < 4.78 is 0. The molecule has 0 saturated heterocycles. The summed E-state index contributed by atoms with van der Waals surface area (Å²) in [5.74, 6) is 0.193. The summed E-state index contributed by atoms with van der Waals surface area (Å²) in [6.45, 7) is 3.89. The van der Waals surface area contributed by atoms with Crippen molar-refractivity contribution >= 4 is 11.6 Å². The largest absolute Gasteiger partial charge is 0.291 e. The van der Waals surface area contributed by atoms with Crippen LogP contribution >= 0.6 is 0 Å². The zero-order chi connectivity index (χ0) is 9.84. The Bertz CT molecular complexity index is 204. The van der Waals surface area contributed by atoms with Crippen LogP contribution in [-0.4, -0.2) is 11.6 Å². The minimum atomic E-state index is -0.145. The molecule has 0 aromatic rings. The average molecular weight is 182 g/mol. The molecule has 1 rings (SSSR count). The summed E-state index contributed by atoms with van der Waals surface area (Å²) in [4.78, 5) is 22.8. The molecule has 0 N–H and O–H groups in total. The van der Waals surface area contributed by atoms with Crippen molar-refractivity contribution in [2.24, 2.45) is 11.8 Å². The Morgan fingerprint density at radius 2 is 2.00 bits per heavy atom. The van der Waals surface area contributed by atoms with Crippen LogP contribution in [0.15, 0.2) is 0 Å². The third-order valence-corrected chi connectivity index (χ3v) is 2.62. The highest BCUT2D eigenvalue weighted by atomic mass is 16.2. The zero-order valence-corrected chi connectivity index (χ0v) is 8.51. The number of rotatable bonds is 6. The minimum Gasteiger partial charge on any atom is -0.291 e. The predicted octanol–water partition coefficient (Wildman–Crippen LogP) is 2.36. The third-order valence-electron chi connectivity index (χ3n) is 2.62. The molecule has 0 spiro atoms. The van der Waals surface area contributed by atoms with E-state index < -0.39 is 0 Å². The van der Waals surface area contributed by atoms with Crippen molar-refractivity contribution in [3.05, 3.63) is 0 Å². The van der Waals surface area contributed by atoms with Gasteiger partial charge in [0.15, 0.2) is 5.78 Å². The Morgan fingerprint density at radius 3 is 2.46 bits per heavy atom. The molecular formula is C11H18O2. The fourth-order valence-corrected chi connectivity index (χ4v) is 1.52. The fraction of sp³-hybridized carbons (Fsp3) is 0.818. The number of carbonyl (C=O) groups is 2. The molecule has 0 unspecified atom stereocenters. The Balaban J connectivity index is 2.31. The molecule has 1 saturated carbocycles. The molecule has 0 heterocycles. The summed E-state index contributed by atoms with van der Waals surface area (Å²) in [6.07, 6.45) is 4.61. The summed E-state index contributed by atoms with van der Waals surface area (Å²) in [7, 11) is 0. The highest BCUT2D eigenvalue weighted by molar-refractivity contribution is 6.37. The topological polar surface area (TPSA) is 34.1 Å². The van der Waals surface area contributed by atoms with Crippen LogP contribution in [0.4, 0.5) is 0 Å². The first-order valence-corrected chi connectivity index (χ1v) is 5.22. The van der Waals surface area contributed by atoms with Crippen molar-refractivity contribution in [2.45, 2.75) is 46.0 Å². The van der Waals surface area contributed by atoms with Crippen LogP contribution in [0, 0.1) is 11.8 Å².